The van der Waals surface area contributed by atoms with Gasteiger partial charge in [0.15, 0.2) is 10.8 Å². The first-order chi connectivity index (χ1) is 15.5. The van der Waals surface area contributed by atoms with Crippen molar-refractivity contribution in [2.24, 2.45) is 0 Å². The van der Waals surface area contributed by atoms with Crippen molar-refractivity contribution < 1.29 is 14.3 Å². The van der Waals surface area contributed by atoms with Gasteiger partial charge in [-0.05, 0) is 36.4 Å². The smallest absolute Gasteiger partial charge is 0.262 e. The molecule has 2 aromatic heterocycles. The molecule has 0 spiro atoms. The van der Waals surface area contributed by atoms with Crippen molar-refractivity contribution in [3.05, 3.63) is 64.0 Å². The molecule has 2 aromatic carbocycles. The zero-order valence-electron chi connectivity index (χ0n) is 17.1. The van der Waals surface area contributed by atoms with Gasteiger partial charge in [0.05, 0.1) is 37.5 Å². The monoisotopic (exact) mass is 471 g/mol. The third-order valence-corrected chi connectivity index (χ3v) is 5.64. The number of carbonyl (C=O) groups excluding carboxylic acids is 1. The van der Waals surface area contributed by atoms with Crippen LogP contribution in [-0.2, 0) is 4.79 Å². The lowest BCUT2D eigenvalue weighted by atomic mass is 10.2. The summed E-state index contributed by atoms with van der Waals surface area (Å²) in [5, 5.41) is 8.28. The number of fused-ring (bicyclic) bond motifs is 1. The average molecular weight is 472 g/mol. The summed E-state index contributed by atoms with van der Waals surface area (Å²) in [6.07, 6.45) is 1.45. The fourth-order valence-electron chi connectivity index (χ4n) is 2.96. The van der Waals surface area contributed by atoms with Gasteiger partial charge in [-0.25, -0.2) is 9.67 Å². The van der Waals surface area contributed by atoms with E-state index >= 15 is 0 Å². The highest BCUT2D eigenvalue weighted by Crippen LogP contribution is 2.29. The van der Waals surface area contributed by atoms with E-state index in [1.807, 2.05) is 0 Å². The van der Waals surface area contributed by atoms with Crippen molar-refractivity contribution in [2.75, 3.05) is 25.3 Å². The van der Waals surface area contributed by atoms with Crippen LogP contribution in [0.25, 0.3) is 16.7 Å². The Labute approximate surface area is 191 Å². The van der Waals surface area contributed by atoms with Gasteiger partial charge in [-0.1, -0.05) is 23.4 Å². The van der Waals surface area contributed by atoms with Gasteiger partial charge in [0.1, 0.15) is 16.9 Å². The Bertz CT molecular complexity index is 1340. The molecule has 0 saturated carbocycles. The number of methoxy groups -OCH3 is 2. The maximum Gasteiger partial charge on any atom is 0.262 e. The molecule has 0 fully saturated rings. The Kier molecular flexibility index (Phi) is 6.33. The van der Waals surface area contributed by atoms with Crippen molar-refractivity contribution in [1.29, 1.82) is 0 Å². The summed E-state index contributed by atoms with van der Waals surface area (Å²) in [6.45, 7) is 0. The van der Waals surface area contributed by atoms with E-state index in [0.29, 0.717) is 44.1 Å². The standard InChI is InChI=1S/C21H18ClN5O4S/c1-30-14-7-8-16(17(9-14)31-2)24-18(28)11-32-21-25-19-15(20(29)26-21)10-23-27(19)13-5-3-12(22)4-6-13/h3-10H,11H2,1-2H3,(H,24,28)(H,25,26,29). The van der Waals surface area contributed by atoms with Gasteiger partial charge in [0.2, 0.25) is 5.91 Å². The SMILES string of the molecule is COc1ccc(NC(=O)CSc2nc3c(cnn3-c3ccc(Cl)cc3)c(=O)[nH]2)c(OC)c1. The topological polar surface area (TPSA) is 111 Å². The molecule has 0 saturated heterocycles. The number of halogens is 1. The molecule has 0 bridgehead atoms. The molecule has 9 nitrogen and oxygen atoms in total. The zero-order valence-corrected chi connectivity index (χ0v) is 18.7. The lowest BCUT2D eigenvalue weighted by Crippen LogP contribution is -2.16. The molecule has 2 heterocycles. The lowest BCUT2D eigenvalue weighted by Gasteiger charge is -2.11. The quantitative estimate of drug-likeness (QED) is 0.313. The number of hydrogen-bond acceptors (Lipinski definition) is 7. The van der Waals surface area contributed by atoms with Crippen LogP contribution in [-0.4, -0.2) is 45.6 Å². The van der Waals surface area contributed by atoms with E-state index in [1.54, 1.807) is 54.3 Å². The van der Waals surface area contributed by atoms with E-state index in [-0.39, 0.29) is 17.2 Å². The second kappa shape index (κ2) is 9.33. The van der Waals surface area contributed by atoms with E-state index in [9.17, 15) is 9.59 Å². The van der Waals surface area contributed by atoms with E-state index < -0.39 is 0 Å². The van der Waals surface area contributed by atoms with Gasteiger partial charge in [-0.15, -0.1) is 0 Å². The highest BCUT2D eigenvalue weighted by Gasteiger charge is 2.14. The molecule has 1 amide bonds. The summed E-state index contributed by atoms with van der Waals surface area (Å²) in [4.78, 5) is 32.1. The number of ether oxygens (including phenoxy) is 2. The Morgan fingerprint density at radius 1 is 1.19 bits per heavy atom. The summed E-state index contributed by atoms with van der Waals surface area (Å²) in [5.74, 6) is 0.829. The Morgan fingerprint density at radius 3 is 2.69 bits per heavy atom. The number of nitrogens with one attached hydrogen (secondary N) is 2. The van der Waals surface area contributed by atoms with E-state index in [1.165, 1.54) is 13.3 Å². The number of hydrogen-bond donors (Lipinski definition) is 2. The molecule has 2 N–H and O–H groups in total. The van der Waals surface area contributed by atoms with Crippen LogP contribution < -0.4 is 20.3 Å². The first-order valence-electron chi connectivity index (χ1n) is 9.37. The van der Waals surface area contributed by atoms with Crippen LogP contribution in [0.15, 0.2) is 58.6 Å². The molecule has 0 atom stereocenters. The van der Waals surface area contributed by atoms with Crippen molar-refractivity contribution in [1.82, 2.24) is 19.7 Å². The summed E-state index contributed by atoms with van der Waals surface area (Å²) < 4.78 is 12.0. The lowest BCUT2D eigenvalue weighted by molar-refractivity contribution is -0.113. The Balaban J connectivity index is 1.52. The van der Waals surface area contributed by atoms with Gasteiger partial charge in [0, 0.05) is 11.1 Å². The highest BCUT2D eigenvalue weighted by molar-refractivity contribution is 7.99. The fourth-order valence-corrected chi connectivity index (χ4v) is 3.74. The molecule has 0 radical (unpaired) electrons. The largest absolute Gasteiger partial charge is 0.497 e. The highest BCUT2D eigenvalue weighted by atomic mass is 35.5. The van der Waals surface area contributed by atoms with Crippen molar-refractivity contribution in [3.8, 4) is 17.2 Å². The van der Waals surface area contributed by atoms with Crippen LogP contribution in [0.3, 0.4) is 0 Å². The molecule has 0 unspecified atom stereocenters. The zero-order chi connectivity index (χ0) is 22.7. The van der Waals surface area contributed by atoms with Gasteiger partial charge >= 0.3 is 0 Å². The summed E-state index contributed by atoms with van der Waals surface area (Å²) in [6, 6.07) is 12.1. The minimum atomic E-state index is -0.338. The predicted octanol–water partition coefficient (Wildman–Crippen LogP) is 3.51. The number of carbonyl (C=O) groups is 1. The van der Waals surface area contributed by atoms with Gasteiger partial charge in [-0.3, -0.25) is 9.59 Å². The van der Waals surface area contributed by atoms with Gasteiger partial charge in [0.25, 0.3) is 5.56 Å². The first-order valence-corrected chi connectivity index (χ1v) is 10.7. The molecule has 0 aliphatic carbocycles. The number of rotatable bonds is 7. The fraction of sp³-hybridized carbons (Fsp3) is 0.143. The number of H-pyrrole nitrogens is 1. The molecule has 164 valence electrons. The minimum absolute atomic E-state index is 0.0265. The Morgan fingerprint density at radius 2 is 1.97 bits per heavy atom. The van der Waals surface area contributed by atoms with Crippen LogP contribution in [0.1, 0.15) is 0 Å². The number of aromatic amines is 1. The molecule has 11 heteroatoms. The maximum atomic E-state index is 12.5. The normalized spacial score (nSPS) is 10.8. The third-order valence-electron chi connectivity index (χ3n) is 4.51. The molecule has 0 aliphatic rings. The molecule has 4 rings (SSSR count). The van der Waals surface area contributed by atoms with Crippen molar-refractivity contribution in [3.63, 3.8) is 0 Å². The van der Waals surface area contributed by atoms with Crippen LogP contribution in [0.5, 0.6) is 11.5 Å². The summed E-state index contributed by atoms with van der Waals surface area (Å²) in [5.41, 5.74) is 1.27. The van der Waals surface area contributed by atoms with Gasteiger partial charge < -0.3 is 19.8 Å². The third kappa shape index (κ3) is 4.56. The van der Waals surface area contributed by atoms with E-state index in [2.05, 4.69) is 20.4 Å². The van der Waals surface area contributed by atoms with Crippen LogP contribution in [0, 0.1) is 0 Å². The maximum absolute atomic E-state index is 12.5. The predicted molar refractivity (Wildman–Crippen MR) is 123 cm³/mol. The number of amides is 1. The van der Waals surface area contributed by atoms with Crippen LogP contribution >= 0.6 is 23.4 Å². The number of aromatic nitrogens is 4. The average Bonchev–Trinajstić information content (AvgIpc) is 3.23. The van der Waals surface area contributed by atoms with E-state index in [0.717, 1.165) is 11.8 Å². The van der Waals surface area contributed by atoms with Crippen LogP contribution in [0.2, 0.25) is 5.02 Å². The minimum Gasteiger partial charge on any atom is -0.497 e. The number of benzene rings is 2. The number of thioether (sulfide) groups is 1. The van der Waals surface area contributed by atoms with Crippen LogP contribution in [0.4, 0.5) is 5.69 Å². The summed E-state index contributed by atoms with van der Waals surface area (Å²) >= 11 is 7.05. The Hall–Kier alpha value is -3.50. The second-order valence-corrected chi connectivity index (χ2v) is 7.94. The second-order valence-electron chi connectivity index (χ2n) is 6.54. The van der Waals surface area contributed by atoms with Crippen molar-refractivity contribution >= 4 is 46.0 Å². The molecule has 0 aliphatic heterocycles. The van der Waals surface area contributed by atoms with E-state index in [4.69, 9.17) is 21.1 Å². The molecule has 4 aromatic rings. The summed E-state index contributed by atoms with van der Waals surface area (Å²) in [7, 11) is 3.06. The molecule has 32 heavy (non-hydrogen) atoms. The van der Waals surface area contributed by atoms with Crippen molar-refractivity contribution in [2.45, 2.75) is 5.16 Å². The molecular formula is C21H18ClN5O4S. The molecular weight excluding hydrogens is 454 g/mol. The number of nitrogens with zero attached hydrogens (tertiary/aromatic N) is 3. The van der Waals surface area contributed by atoms with Gasteiger partial charge in [-0.2, -0.15) is 5.10 Å². The first kappa shape index (κ1) is 21.7. The number of anilines is 1.